The fourth-order valence-electron chi connectivity index (χ4n) is 1.15. The molecule has 0 aromatic carbocycles. The maximum atomic E-state index is 7.45. The van der Waals surface area contributed by atoms with Gasteiger partial charge in [-0.1, -0.05) is 0 Å². The van der Waals surface area contributed by atoms with Crippen molar-refractivity contribution in [3.63, 3.8) is 0 Å². The Morgan fingerprint density at radius 3 is 3.00 bits per heavy atom. The van der Waals surface area contributed by atoms with E-state index in [1.54, 1.807) is 29.4 Å². The minimum atomic E-state index is 0.0204. The summed E-state index contributed by atoms with van der Waals surface area (Å²) in [6.07, 6.45) is 4.89. The molecule has 0 aliphatic carbocycles. The molecular formula is C9H10N6S. The Balaban J connectivity index is 2.35. The van der Waals surface area contributed by atoms with Crippen molar-refractivity contribution in [3.05, 3.63) is 30.4 Å². The van der Waals surface area contributed by atoms with Gasteiger partial charge in [-0.2, -0.15) is 0 Å². The summed E-state index contributed by atoms with van der Waals surface area (Å²) in [5.41, 5.74) is 6.14. The van der Waals surface area contributed by atoms with E-state index < -0.39 is 0 Å². The summed E-state index contributed by atoms with van der Waals surface area (Å²) in [6, 6.07) is 1.71. The van der Waals surface area contributed by atoms with Gasteiger partial charge in [-0.15, -0.1) is 10.2 Å². The van der Waals surface area contributed by atoms with E-state index in [-0.39, 0.29) is 5.84 Å². The smallest absolute Gasteiger partial charge is 0.195 e. The summed E-state index contributed by atoms with van der Waals surface area (Å²) in [7, 11) is 1.85. The Morgan fingerprint density at radius 1 is 1.56 bits per heavy atom. The van der Waals surface area contributed by atoms with E-state index in [4.69, 9.17) is 11.1 Å². The Hall–Kier alpha value is -1.89. The number of nitrogens with zero attached hydrogens (tertiary/aromatic N) is 4. The number of aryl methyl sites for hydroxylation is 1. The Bertz CT molecular complexity index is 520. The van der Waals surface area contributed by atoms with Crippen LogP contribution in [0.25, 0.3) is 0 Å². The molecule has 0 unspecified atom stereocenters. The second-order valence-electron chi connectivity index (χ2n) is 3.11. The highest BCUT2D eigenvalue weighted by Crippen LogP contribution is 2.27. The number of nitrogen functional groups attached to an aromatic ring is 1. The van der Waals surface area contributed by atoms with Crippen LogP contribution in [0.2, 0.25) is 0 Å². The first kappa shape index (κ1) is 10.6. The van der Waals surface area contributed by atoms with Gasteiger partial charge in [0.1, 0.15) is 12.2 Å². The van der Waals surface area contributed by atoms with Gasteiger partial charge in [0.05, 0.1) is 0 Å². The molecule has 2 heterocycles. The predicted molar refractivity (Wildman–Crippen MR) is 60.4 cm³/mol. The lowest BCUT2D eigenvalue weighted by atomic mass is 10.2. The van der Waals surface area contributed by atoms with E-state index in [9.17, 15) is 0 Å². The lowest BCUT2D eigenvalue weighted by Gasteiger charge is -2.05. The van der Waals surface area contributed by atoms with Crippen LogP contribution in [0.4, 0.5) is 0 Å². The van der Waals surface area contributed by atoms with Crippen LogP contribution >= 0.6 is 11.8 Å². The molecular weight excluding hydrogens is 224 g/mol. The van der Waals surface area contributed by atoms with Crippen LogP contribution in [0.3, 0.4) is 0 Å². The SMILES string of the molecule is Cn1cnnc1Sc1cnccc1C(=N)N. The Kier molecular flexibility index (Phi) is 2.86. The largest absolute Gasteiger partial charge is 0.384 e. The molecule has 0 fully saturated rings. The molecule has 0 radical (unpaired) electrons. The van der Waals surface area contributed by atoms with Crippen LogP contribution < -0.4 is 5.73 Å². The molecule has 0 saturated heterocycles. The topological polar surface area (TPSA) is 93.5 Å². The fourth-order valence-corrected chi connectivity index (χ4v) is 2.02. The van der Waals surface area contributed by atoms with Crippen LogP contribution in [0, 0.1) is 5.41 Å². The number of amidine groups is 1. The predicted octanol–water partition coefficient (Wildman–Crippen LogP) is 0.645. The summed E-state index contributed by atoms with van der Waals surface area (Å²) >= 11 is 1.38. The van der Waals surface area contributed by atoms with E-state index in [1.807, 2.05) is 7.05 Å². The maximum Gasteiger partial charge on any atom is 0.195 e. The monoisotopic (exact) mass is 234 g/mol. The number of pyridine rings is 1. The van der Waals surface area contributed by atoms with Crippen LogP contribution in [-0.4, -0.2) is 25.6 Å². The summed E-state index contributed by atoms with van der Waals surface area (Å²) in [5, 5.41) is 15.9. The molecule has 0 spiro atoms. The maximum absolute atomic E-state index is 7.45. The van der Waals surface area contributed by atoms with E-state index >= 15 is 0 Å². The van der Waals surface area contributed by atoms with Crippen LogP contribution in [0.15, 0.2) is 34.8 Å². The molecule has 0 atom stereocenters. The summed E-state index contributed by atoms with van der Waals surface area (Å²) in [5.74, 6) is 0.0204. The third-order valence-electron chi connectivity index (χ3n) is 1.95. The van der Waals surface area contributed by atoms with Gasteiger partial charge in [0.2, 0.25) is 0 Å². The van der Waals surface area contributed by atoms with Crippen LogP contribution in [-0.2, 0) is 7.05 Å². The van der Waals surface area contributed by atoms with Gasteiger partial charge in [-0.05, 0) is 17.8 Å². The minimum absolute atomic E-state index is 0.0204. The van der Waals surface area contributed by atoms with Crippen molar-refractivity contribution in [2.45, 2.75) is 10.1 Å². The van der Waals surface area contributed by atoms with E-state index in [2.05, 4.69) is 15.2 Å². The van der Waals surface area contributed by atoms with Gasteiger partial charge in [0, 0.05) is 29.9 Å². The Labute approximate surface area is 96.4 Å². The first-order valence-corrected chi connectivity index (χ1v) is 5.30. The number of nitrogens with two attached hydrogens (primary N) is 1. The zero-order valence-electron chi connectivity index (χ0n) is 8.58. The zero-order chi connectivity index (χ0) is 11.5. The van der Waals surface area contributed by atoms with E-state index in [1.165, 1.54) is 11.8 Å². The molecule has 0 aliphatic heterocycles. The van der Waals surface area contributed by atoms with Crippen molar-refractivity contribution in [3.8, 4) is 0 Å². The lowest BCUT2D eigenvalue weighted by molar-refractivity contribution is 0.788. The van der Waals surface area contributed by atoms with Crippen LogP contribution in [0.5, 0.6) is 0 Å². The number of rotatable bonds is 3. The van der Waals surface area contributed by atoms with Gasteiger partial charge in [0.15, 0.2) is 5.16 Å². The molecule has 82 valence electrons. The fraction of sp³-hybridized carbons (Fsp3) is 0.111. The van der Waals surface area contributed by atoms with Gasteiger partial charge in [-0.25, -0.2) is 0 Å². The summed E-state index contributed by atoms with van der Waals surface area (Å²) in [6.45, 7) is 0. The first-order valence-electron chi connectivity index (χ1n) is 4.48. The molecule has 6 nitrogen and oxygen atoms in total. The second kappa shape index (κ2) is 4.31. The van der Waals surface area contributed by atoms with Gasteiger partial charge >= 0.3 is 0 Å². The lowest BCUT2D eigenvalue weighted by Crippen LogP contribution is -2.12. The van der Waals surface area contributed by atoms with Crippen molar-refractivity contribution in [1.29, 1.82) is 5.41 Å². The van der Waals surface area contributed by atoms with Gasteiger partial charge in [-0.3, -0.25) is 10.4 Å². The van der Waals surface area contributed by atoms with Gasteiger partial charge in [0.25, 0.3) is 0 Å². The normalized spacial score (nSPS) is 10.3. The molecule has 16 heavy (non-hydrogen) atoms. The quantitative estimate of drug-likeness (QED) is 0.600. The second-order valence-corrected chi connectivity index (χ2v) is 4.12. The molecule has 0 aliphatic rings. The molecule has 2 aromatic rings. The molecule has 2 rings (SSSR count). The summed E-state index contributed by atoms with van der Waals surface area (Å²) in [4.78, 5) is 4.80. The molecule has 0 bridgehead atoms. The highest BCUT2D eigenvalue weighted by Gasteiger charge is 2.09. The zero-order valence-corrected chi connectivity index (χ0v) is 9.40. The van der Waals surface area contributed by atoms with Crippen molar-refractivity contribution in [1.82, 2.24) is 19.7 Å². The highest BCUT2D eigenvalue weighted by atomic mass is 32.2. The Morgan fingerprint density at radius 2 is 2.38 bits per heavy atom. The third kappa shape index (κ3) is 2.03. The standard InChI is InChI=1S/C9H10N6S/c1-15-5-13-14-9(15)16-7-4-12-3-2-6(7)8(10)11/h2-5H,1H3,(H3,10,11). The first-order chi connectivity index (χ1) is 7.68. The number of aromatic nitrogens is 4. The average molecular weight is 234 g/mol. The van der Waals surface area contributed by atoms with Gasteiger partial charge < -0.3 is 10.3 Å². The minimum Gasteiger partial charge on any atom is -0.384 e. The highest BCUT2D eigenvalue weighted by molar-refractivity contribution is 7.99. The molecule has 2 aromatic heterocycles. The molecule has 7 heteroatoms. The van der Waals surface area contributed by atoms with Crippen LogP contribution in [0.1, 0.15) is 5.56 Å². The van der Waals surface area contributed by atoms with E-state index in [0.29, 0.717) is 5.56 Å². The molecule has 0 saturated carbocycles. The van der Waals surface area contributed by atoms with Crippen molar-refractivity contribution in [2.24, 2.45) is 12.8 Å². The number of hydrogen-bond donors (Lipinski definition) is 2. The molecule has 0 amide bonds. The summed E-state index contributed by atoms with van der Waals surface area (Å²) < 4.78 is 1.79. The van der Waals surface area contributed by atoms with Crippen molar-refractivity contribution >= 4 is 17.6 Å². The van der Waals surface area contributed by atoms with Crippen molar-refractivity contribution < 1.29 is 0 Å². The molecule has 3 N–H and O–H groups in total. The average Bonchev–Trinajstić information content (AvgIpc) is 2.65. The number of hydrogen-bond acceptors (Lipinski definition) is 5. The van der Waals surface area contributed by atoms with E-state index in [0.717, 1.165) is 10.1 Å². The third-order valence-corrected chi connectivity index (χ3v) is 3.04. The number of nitrogens with one attached hydrogen (secondary N) is 1. The van der Waals surface area contributed by atoms with Crippen molar-refractivity contribution in [2.75, 3.05) is 0 Å².